The topological polar surface area (TPSA) is 34.8 Å². The molecular formula is C51H31N3O. The molecule has 0 fully saturated rings. The van der Waals surface area contributed by atoms with Crippen molar-refractivity contribution in [3.05, 3.63) is 181 Å². The molecule has 1 aliphatic heterocycles. The molecule has 0 amide bonds. The van der Waals surface area contributed by atoms with Crippen molar-refractivity contribution in [2.45, 2.75) is 12.8 Å². The average molecular weight is 702 g/mol. The van der Waals surface area contributed by atoms with Crippen LogP contribution >= 0.6 is 0 Å². The molecule has 0 spiro atoms. The van der Waals surface area contributed by atoms with E-state index in [-0.39, 0.29) is 0 Å². The Kier molecular flexibility index (Phi) is 5.71. The molecule has 0 saturated carbocycles. The number of furan rings is 1. The van der Waals surface area contributed by atoms with Gasteiger partial charge in [0, 0.05) is 48.8 Å². The van der Waals surface area contributed by atoms with Gasteiger partial charge in [0.25, 0.3) is 0 Å². The van der Waals surface area contributed by atoms with Gasteiger partial charge in [-0.1, -0.05) is 121 Å². The third-order valence-electron chi connectivity index (χ3n) is 12.1. The molecule has 0 saturated heterocycles. The van der Waals surface area contributed by atoms with Crippen molar-refractivity contribution in [2.24, 2.45) is 4.99 Å². The summed E-state index contributed by atoms with van der Waals surface area (Å²) in [5.74, 6) is 1.76. The van der Waals surface area contributed by atoms with Crippen LogP contribution < -0.4 is 0 Å². The number of hydrogen-bond donors (Lipinski definition) is 0. The van der Waals surface area contributed by atoms with Crippen molar-refractivity contribution in [3.8, 4) is 0 Å². The van der Waals surface area contributed by atoms with Crippen molar-refractivity contribution in [2.75, 3.05) is 0 Å². The Bertz CT molecular complexity index is 3660. The van der Waals surface area contributed by atoms with Gasteiger partial charge in [0.2, 0.25) is 0 Å². The number of hydrogen-bond acceptors (Lipinski definition) is 2. The summed E-state index contributed by atoms with van der Waals surface area (Å²) < 4.78 is 11.7. The van der Waals surface area contributed by atoms with E-state index in [1.807, 2.05) is 0 Å². The third kappa shape index (κ3) is 3.88. The minimum Gasteiger partial charge on any atom is -0.454 e. The molecule has 0 aliphatic carbocycles. The standard InChI is InChI=1S/C51H31N3O/c1-2-14-32-28-33(25-24-30(32)12-1)49-51-37(36-17-7-10-22-44(36)55-51)19-11-23-45(52-49)53-42-27-26-31-13-3-4-15-34(31)46(42)48-43(53)29-39-35-16-5-8-20-40(35)54-41-21-9-6-18-38(41)47(48)50(39)54/h1-10,12-18,20-29H,11,19H2/b45-23+,52-49-. The van der Waals surface area contributed by atoms with Gasteiger partial charge in [-0.15, -0.1) is 0 Å². The monoisotopic (exact) mass is 701 g/mol. The van der Waals surface area contributed by atoms with Gasteiger partial charge < -0.3 is 8.82 Å². The van der Waals surface area contributed by atoms with Crippen LogP contribution in [0.2, 0.25) is 0 Å². The molecular weight excluding hydrogens is 671 g/mol. The number of aryl methyl sites for hydroxylation is 1. The van der Waals surface area contributed by atoms with E-state index in [0.29, 0.717) is 0 Å². The van der Waals surface area contributed by atoms with E-state index in [2.05, 4.69) is 173 Å². The maximum atomic E-state index is 6.81. The number of allylic oxidation sites excluding steroid dienone is 1. The molecule has 12 aromatic rings. The minimum absolute atomic E-state index is 0.826. The van der Waals surface area contributed by atoms with Crippen molar-refractivity contribution < 1.29 is 4.42 Å². The summed E-state index contributed by atoms with van der Waals surface area (Å²) in [4.78, 5) is 5.76. The number of aromatic nitrogens is 2. The van der Waals surface area contributed by atoms with Gasteiger partial charge in [0.15, 0.2) is 5.76 Å². The lowest BCUT2D eigenvalue weighted by atomic mass is 9.97. The molecule has 256 valence electrons. The number of aliphatic imine (C=N–C) groups is 1. The van der Waals surface area contributed by atoms with Gasteiger partial charge in [-0.2, -0.15) is 0 Å². The Morgan fingerprint density at radius 3 is 2.05 bits per heavy atom. The van der Waals surface area contributed by atoms with Crippen LogP contribution in [-0.2, 0) is 6.42 Å². The molecule has 0 radical (unpaired) electrons. The van der Waals surface area contributed by atoms with E-state index in [0.717, 1.165) is 57.7 Å². The van der Waals surface area contributed by atoms with Crippen LogP contribution in [0.25, 0.3) is 98.2 Å². The van der Waals surface area contributed by atoms with E-state index >= 15 is 0 Å². The SMILES string of the molecule is C1=C(n2c3ccc4ccccc4c3c3c4c5ccccc5n5c6ccccc6c(cc32)c45)\N=C(\c2ccc3ccccc3c2)c2oc3ccccc3c2CC/1. The number of benzene rings is 8. The highest BCUT2D eigenvalue weighted by Gasteiger charge is 2.27. The number of para-hydroxylation sites is 3. The van der Waals surface area contributed by atoms with Crippen LogP contribution in [0.3, 0.4) is 0 Å². The fraction of sp³-hybridized carbons (Fsp3) is 0.0392. The molecule has 0 unspecified atom stereocenters. The van der Waals surface area contributed by atoms with Crippen LogP contribution in [0.1, 0.15) is 23.3 Å². The van der Waals surface area contributed by atoms with Crippen LogP contribution in [-0.4, -0.2) is 14.7 Å². The van der Waals surface area contributed by atoms with E-state index in [1.54, 1.807) is 0 Å². The van der Waals surface area contributed by atoms with Gasteiger partial charge in [-0.05, 0) is 76.9 Å². The second kappa shape index (κ2) is 10.7. The van der Waals surface area contributed by atoms with E-state index < -0.39 is 0 Å². The summed E-state index contributed by atoms with van der Waals surface area (Å²) in [5, 5.41) is 13.6. The fourth-order valence-electron chi connectivity index (χ4n) is 9.79. The van der Waals surface area contributed by atoms with Gasteiger partial charge in [-0.3, -0.25) is 4.57 Å². The quantitative estimate of drug-likeness (QED) is 0.177. The van der Waals surface area contributed by atoms with Gasteiger partial charge >= 0.3 is 0 Å². The maximum Gasteiger partial charge on any atom is 0.157 e. The van der Waals surface area contributed by atoms with Crippen LogP contribution in [0.5, 0.6) is 0 Å². The summed E-state index contributed by atoms with van der Waals surface area (Å²) in [6, 6.07) is 57.2. The number of fused-ring (bicyclic) bond motifs is 16. The molecule has 0 N–H and O–H groups in total. The highest BCUT2D eigenvalue weighted by Crippen LogP contribution is 2.48. The lowest BCUT2D eigenvalue weighted by Crippen LogP contribution is -2.10. The van der Waals surface area contributed by atoms with E-state index in [4.69, 9.17) is 9.41 Å². The largest absolute Gasteiger partial charge is 0.454 e. The summed E-state index contributed by atoms with van der Waals surface area (Å²) in [7, 11) is 0. The van der Waals surface area contributed by atoms with Crippen molar-refractivity contribution in [1.82, 2.24) is 8.97 Å². The van der Waals surface area contributed by atoms with Crippen molar-refractivity contribution in [1.29, 1.82) is 0 Å². The van der Waals surface area contributed by atoms with Crippen molar-refractivity contribution in [3.63, 3.8) is 0 Å². The highest BCUT2D eigenvalue weighted by atomic mass is 16.3. The zero-order valence-corrected chi connectivity index (χ0v) is 29.8. The predicted molar refractivity (Wildman–Crippen MR) is 230 cm³/mol. The smallest absolute Gasteiger partial charge is 0.157 e. The summed E-state index contributed by atoms with van der Waals surface area (Å²) >= 11 is 0. The van der Waals surface area contributed by atoms with E-state index in [1.165, 1.54) is 76.0 Å². The van der Waals surface area contributed by atoms with Gasteiger partial charge in [0.05, 0.1) is 27.6 Å². The van der Waals surface area contributed by atoms with Gasteiger partial charge in [0.1, 0.15) is 17.1 Å². The molecule has 8 aromatic carbocycles. The Labute approximate surface area is 314 Å². The molecule has 13 rings (SSSR count). The fourth-order valence-corrected chi connectivity index (χ4v) is 9.79. The van der Waals surface area contributed by atoms with Crippen LogP contribution in [0, 0.1) is 0 Å². The Hall–Kier alpha value is -7.17. The second-order valence-corrected chi connectivity index (χ2v) is 15.0. The van der Waals surface area contributed by atoms with Crippen LogP contribution in [0.15, 0.2) is 173 Å². The first-order valence-electron chi connectivity index (χ1n) is 19.1. The van der Waals surface area contributed by atoms with Gasteiger partial charge in [-0.25, -0.2) is 4.99 Å². The molecule has 0 atom stereocenters. The lowest BCUT2D eigenvalue weighted by Gasteiger charge is -2.16. The zero-order chi connectivity index (χ0) is 35.8. The normalized spacial score (nSPS) is 15.8. The first kappa shape index (κ1) is 29.3. The summed E-state index contributed by atoms with van der Waals surface area (Å²) in [5.41, 5.74) is 10.1. The predicted octanol–water partition coefficient (Wildman–Crippen LogP) is 13.3. The number of nitrogens with zero attached hydrogens (tertiary/aromatic N) is 3. The van der Waals surface area contributed by atoms with E-state index in [9.17, 15) is 0 Å². The molecule has 4 nitrogen and oxygen atoms in total. The average Bonchev–Trinajstić information content (AvgIpc) is 3.96. The van der Waals surface area contributed by atoms with Crippen LogP contribution in [0.4, 0.5) is 0 Å². The Morgan fingerprint density at radius 1 is 0.491 bits per heavy atom. The molecule has 4 heteroatoms. The minimum atomic E-state index is 0.826. The highest BCUT2D eigenvalue weighted by molar-refractivity contribution is 6.38. The summed E-state index contributed by atoms with van der Waals surface area (Å²) in [6.45, 7) is 0. The molecule has 55 heavy (non-hydrogen) atoms. The Balaban J connectivity index is 1.21. The lowest BCUT2D eigenvalue weighted by molar-refractivity contribution is 0.599. The number of rotatable bonds is 2. The molecule has 4 aromatic heterocycles. The second-order valence-electron chi connectivity index (χ2n) is 15.0. The Morgan fingerprint density at radius 2 is 1.18 bits per heavy atom. The maximum absolute atomic E-state index is 6.81. The molecule has 5 heterocycles. The zero-order valence-electron chi connectivity index (χ0n) is 29.8. The first-order valence-corrected chi connectivity index (χ1v) is 19.1. The first-order chi connectivity index (χ1) is 27.3. The molecule has 1 aliphatic rings. The molecule has 0 bridgehead atoms. The summed E-state index contributed by atoms with van der Waals surface area (Å²) in [6.07, 6.45) is 4.02. The third-order valence-corrected chi connectivity index (χ3v) is 12.1. The van der Waals surface area contributed by atoms with Crippen molar-refractivity contribution >= 4 is 104 Å².